The van der Waals surface area contributed by atoms with Crippen LogP contribution in [0.2, 0.25) is 5.02 Å². The van der Waals surface area contributed by atoms with Gasteiger partial charge in [-0.15, -0.1) is 0 Å². The quantitative estimate of drug-likeness (QED) is 0.562. The minimum atomic E-state index is 0.612. The van der Waals surface area contributed by atoms with E-state index in [1.807, 2.05) is 34.9 Å². The number of aromatic nitrogens is 3. The minimum Gasteiger partial charge on any atom is -0.282 e. The number of hydrogen-bond acceptors (Lipinski definition) is 2. The second kappa shape index (κ2) is 2.69. The molecule has 0 aliphatic rings. The lowest BCUT2D eigenvalue weighted by molar-refractivity contribution is 1.13. The van der Waals surface area contributed by atoms with E-state index >= 15 is 0 Å². The lowest BCUT2D eigenvalue weighted by Crippen LogP contribution is -1.86. The summed E-state index contributed by atoms with van der Waals surface area (Å²) in [7, 11) is 0. The van der Waals surface area contributed by atoms with Crippen molar-refractivity contribution >= 4 is 28.4 Å². The van der Waals surface area contributed by atoms with Crippen LogP contribution in [-0.2, 0) is 0 Å². The highest BCUT2D eigenvalue weighted by atomic mass is 35.5. The third kappa shape index (κ3) is 0.992. The Balaban J connectivity index is 2.58. The van der Waals surface area contributed by atoms with E-state index in [2.05, 4.69) is 9.97 Å². The van der Waals surface area contributed by atoms with Gasteiger partial charge in [0.2, 0.25) is 5.78 Å². The van der Waals surface area contributed by atoms with Gasteiger partial charge in [-0.3, -0.25) is 4.40 Å². The Kier molecular flexibility index (Phi) is 1.49. The zero-order valence-electron chi connectivity index (χ0n) is 7.18. The van der Waals surface area contributed by atoms with Gasteiger partial charge >= 0.3 is 0 Å². The Bertz CT molecular complexity index is 615. The van der Waals surface area contributed by atoms with E-state index in [1.54, 1.807) is 6.20 Å². The molecule has 2 heterocycles. The predicted molar refractivity (Wildman–Crippen MR) is 55.5 cm³/mol. The maximum Gasteiger partial charge on any atom is 0.234 e. The topological polar surface area (TPSA) is 30.2 Å². The van der Waals surface area contributed by atoms with Crippen LogP contribution < -0.4 is 0 Å². The van der Waals surface area contributed by atoms with E-state index in [0.717, 1.165) is 11.0 Å². The first-order chi connectivity index (χ1) is 6.84. The van der Waals surface area contributed by atoms with Crippen molar-refractivity contribution in [3.05, 3.63) is 41.7 Å². The molecule has 0 atom stereocenters. The van der Waals surface area contributed by atoms with E-state index in [-0.39, 0.29) is 0 Å². The van der Waals surface area contributed by atoms with Crippen LogP contribution in [-0.4, -0.2) is 14.4 Å². The van der Waals surface area contributed by atoms with Gasteiger partial charge in [-0.05, 0) is 12.1 Å². The molecule has 0 aliphatic heterocycles. The van der Waals surface area contributed by atoms with Gasteiger partial charge in [-0.25, -0.2) is 9.97 Å². The average Bonchev–Trinajstić information content (AvgIpc) is 2.56. The van der Waals surface area contributed by atoms with Gasteiger partial charge in [0.05, 0.1) is 22.3 Å². The fourth-order valence-corrected chi connectivity index (χ4v) is 1.67. The molecule has 0 unspecified atom stereocenters. The summed E-state index contributed by atoms with van der Waals surface area (Å²) in [5.41, 5.74) is 1.96. The molecule has 3 aromatic rings. The summed E-state index contributed by atoms with van der Waals surface area (Å²) < 4.78 is 1.89. The summed E-state index contributed by atoms with van der Waals surface area (Å²) in [6.45, 7) is 0. The Morgan fingerprint density at radius 1 is 1.21 bits per heavy atom. The predicted octanol–water partition coefficient (Wildman–Crippen LogP) is 2.54. The van der Waals surface area contributed by atoms with Crippen molar-refractivity contribution in [2.75, 3.05) is 0 Å². The standard InChI is InChI=1S/C10H6ClN3/c11-7-5-12-10-13-8-3-1-2-4-9(8)14(10)6-7/h1-6H. The molecule has 0 fully saturated rings. The molecule has 0 aliphatic carbocycles. The summed E-state index contributed by atoms with van der Waals surface area (Å²) in [5.74, 6) is 0.676. The Labute approximate surface area is 85.0 Å². The van der Waals surface area contributed by atoms with Gasteiger partial charge < -0.3 is 0 Å². The Morgan fingerprint density at radius 3 is 3.00 bits per heavy atom. The van der Waals surface area contributed by atoms with Crippen LogP contribution in [0, 0.1) is 0 Å². The highest BCUT2D eigenvalue weighted by Gasteiger charge is 2.03. The molecule has 0 spiro atoms. The second-order valence-electron chi connectivity index (χ2n) is 3.04. The van der Waals surface area contributed by atoms with Crippen LogP contribution >= 0.6 is 11.6 Å². The number of hydrogen-bond donors (Lipinski definition) is 0. The molecule has 3 rings (SSSR count). The first-order valence-corrected chi connectivity index (χ1v) is 4.61. The molecule has 0 amide bonds. The van der Waals surface area contributed by atoms with Crippen molar-refractivity contribution in [2.45, 2.75) is 0 Å². The number of benzene rings is 1. The summed E-state index contributed by atoms with van der Waals surface area (Å²) in [6.07, 6.45) is 3.42. The van der Waals surface area contributed by atoms with Gasteiger partial charge in [-0.1, -0.05) is 23.7 Å². The van der Waals surface area contributed by atoms with E-state index in [1.165, 1.54) is 0 Å². The molecule has 14 heavy (non-hydrogen) atoms. The molecule has 1 aromatic carbocycles. The van der Waals surface area contributed by atoms with E-state index in [9.17, 15) is 0 Å². The van der Waals surface area contributed by atoms with Gasteiger partial charge in [0.25, 0.3) is 0 Å². The number of rotatable bonds is 0. The van der Waals surface area contributed by atoms with Crippen molar-refractivity contribution in [3.63, 3.8) is 0 Å². The molecule has 0 bridgehead atoms. The molecule has 0 saturated carbocycles. The molecule has 4 heteroatoms. The molecule has 3 nitrogen and oxygen atoms in total. The number of halogens is 1. The Morgan fingerprint density at radius 2 is 2.07 bits per heavy atom. The lowest BCUT2D eigenvalue weighted by atomic mass is 10.3. The van der Waals surface area contributed by atoms with Crippen LogP contribution in [0.25, 0.3) is 16.8 Å². The summed E-state index contributed by atoms with van der Waals surface area (Å²) >= 11 is 5.86. The molecule has 0 radical (unpaired) electrons. The van der Waals surface area contributed by atoms with Crippen LogP contribution in [0.5, 0.6) is 0 Å². The molecule has 0 saturated heterocycles. The first-order valence-electron chi connectivity index (χ1n) is 4.23. The van der Waals surface area contributed by atoms with Gasteiger partial charge in [0.15, 0.2) is 0 Å². The SMILES string of the molecule is Clc1cnc2nc3ccccc3n2c1. The largest absolute Gasteiger partial charge is 0.282 e. The minimum absolute atomic E-state index is 0.612. The van der Waals surface area contributed by atoms with Crippen LogP contribution in [0.3, 0.4) is 0 Å². The van der Waals surface area contributed by atoms with Crippen molar-refractivity contribution in [2.24, 2.45) is 0 Å². The maximum absolute atomic E-state index is 5.86. The normalized spacial score (nSPS) is 11.2. The fraction of sp³-hybridized carbons (Fsp3) is 0. The molecule has 2 aromatic heterocycles. The highest BCUT2D eigenvalue weighted by molar-refractivity contribution is 6.30. The number of imidazole rings is 1. The number of para-hydroxylation sites is 2. The average molecular weight is 204 g/mol. The molecule has 0 N–H and O–H groups in total. The molecular weight excluding hydrogens is 198 g/mol. The van der Waals surface area contributed by atoms with E-state index < -0.39 is 0 Å². The third-order valence-electron chi connectivity index (χ3n) is 2.13. The van der Waals surface area contributed by atoms with Crippen molar-refractivity contribution in [1.82, 2.24) is 14.4 Å². The Hall–Kier alpha value is -1.61. The zero-order valence-corrected chi connectivity index (χ0v) is 7.94. The van der Waals surface area contributed by atoms with E-state index in [0.29, 0.717) is 10.8 Å². The second-order valence-corrected chi connectivity index (χ2v) is 3.48. The van der Waals surface area contributed by atoms with Crippen molar-refractivity contribution < 1.29 is 0 Å². The maximum atomic E-state index is 5.86. The molecular formula is C10H6ClN3. The van der Waals surface area contributed by atoms with Crippen molar-refractivity contribution in [3.8, 4) is 0 Å². The van der Waals surface area contributed by atoms with Gasteiger partial charge in [-0.2, -0.15) is 0 Å². The highest BCUT2D eigenvalue weighted by Crippen LogP contribution is 2.16. The first kappa shape index (κ1) is 7.76. The van der Waals surface area contributed by atoms with E-state index in [4.69, 9.17) is 11.6 Å². The molecule has 68 valence electrons. The summed E-state index contributed by atoms with van der Waals surface area (Å²) in [4.78, 5) is 8.49. The lowest BCUT2D eigenvalue weighted by Gasteiger charge is -1.93. The van der Waals surface area contributed by atoms with Crippen molar-refractivity contribution in [1.29, 1.82) is 0 Å². The van der Waals surface area contributed by atoms with Crippen LogP contribution in [0.1, 0.15) is 0 Å². The zero-order chi connectivity index (χ0) is 9.54. The monoisotopic (exact) mass is 203 g/mol. The summed E-state index contributed by atoms with van der Waals surface area (Å²) in [6, 6.07) is 7.87. The fourth-order valence-electron chi connectivity index (χ4n) is 1.53. The summed E-state index contributed by atoms with van der Waals surface area (Å²) in [5, 5.41) is 0.612. The smallest absolute Gasteiger partial charge is 0.234 e. The van der Waals surface area contributed by atoms with Gasteiger partial charge in [0, 0.05) is 6.20 Å². The van der Waals surface area contributed by atoms with Crippen LogP contribution in [0.4, 0.5) is 0 Å². The third-order valence-corrected chi connectivity index (χ3v) is 2.33. The number of fused-ring (bicyclic) bond motifs is 3. The van der Waals surface area contributed by atoms with Crippen LogP contribution in [0.15, 0.2) is 36.7 Å². The number of nitrogens with zero attached hydrogens (tertiary/aromatic N) is 3. The van der Waals surface area contributed by atoms with Gasteiger partial charge in [0.1, 0.15) is 0 Å².